The standard InChI is InChI=1S/C11H19NO/c1-8-11(4-5-13-8)12-7-9-2-3-10(12)6-9/h8-11H,2-7H2,1H3. The molecule has 2 saturated heterocycles. The minimum Gasteiger partial charge on any atom is -0.377 e. The van der Waals surface area contributed by atoms with Gasteiger partial charge < -0.3 is 4.74 Å². The average molecular weight is 181 g/mol. The Kier molecular flexibility index (Phi) is 1.88. The van der Waals surface area contributed by atoms with Crippen molar-refractivity contribution in [1.29, 1.82) is 0 Å². The highest BCUT2D eigenvalue weighted by Gasteiger charge is 2.43. The fraction of sp³-hybridized carbons (Fsp3) is 1.00. The van der Waals surface area contributed by atoms with Crippen LogP contribution in [0.25, 0.3) is 0 Å². The summed E-state index contributed by atoms with van der Waals surface area (Å²) in [4.78, 5) is 2.74. The Morgan fingerprint density at radius 2 is 2.15 bits per heavy atom. The first kappa shape index (κ1) is 8.25. The second kappa shape index (κ2) is 2.96. The maximum absolute atomic E-state index is 5.64. The predicted molar refractivity (Wildman–Crippen MR) is 51.7 cm³/mol. The zero-order valence-electron chi connectivity index (χ0n) is 8.41. The van der Waals surface area contributed by atoms with Crippen LogP contribution in [0.5, 0.6) is 0 Å². The molecular formula is C11H19NO. The summed E-state index contributed by atoms with van der Waals surface area (Å²) in [5, 5.41) is 0. The summed E-state index contributed by atoms with van der Waals surface area (Å²) in [5.41, 5.74) is 0. The molecule has 74 valence electrons. The minimum absolute atomic E-state index is 0.486. The van der Waals surface area contributed by atoms with Gasteiger partial charge in [-0.05, 0) is 38.5 Å². The molecule has 2 heterocycles. The molecule has 3 aliphatic rings. The summed E-state index contributed by atoms with van der Waals surface area (Å²) in [7, 11) is 0. The Labute approximate surface area is 80.2 Å². The zero-order valence-corrected chi connectivity index (χ0v) is 8.41. The Balaban J connectivity index is 1.72. The van der Waals surface area contributed by atoms with E-state index in [0.717, 1.165) is 24.6 Å². The normalized spacial score (nSPS) is 50.5. The van der Waals surface area contributed by atoms with Crippen LogP contribution in [0.15, 0.2) is 0 Å². The zero-order chi connectivity index (χ0) is 8.84. The van der Waals surface area contributed by atoms with Crippen LogP contribution >= 0.6 is 0 Å². The number of ether oxygens (including phenoxy) is 1. The molecule has 4 atom stereocenters. The van der Waals surface area contributed by atoms with Gasteiger partial charge >= 0.3 is 0 Å². The molecule has 4 unspecified atom stereocenters. The fourth-order valence-electron chi connectivity index (χ4n) is 3.52. The van der Waals surface area contributed by atoms with E-state index in [1.54, 1.807) is 0 Å². The van der Waals surface area contributed by atoms with Gasteiger partial charge in [-0.1, -0.05) is 0 Å². The third kappa shape index (κ3) is 1.23. The summed E-state index contributed by atoms with van der Waals surface area (Å²) in [6, 6.07) is 1.66. The van der Waals surface area contributed by atoms with Crippen LogP contribution in [0, 0.1) is 5.92 Å². The van der Waals surface area contributed by atoms with Gasteiger partial charge in [0.25, 0.3) is 0 Å². The third-order valence-electron chi connectivity index (χ3n) is 4.21. The van der Waals surface area contributed by atoms with Crippen molar-refractivity contribution in [3.05, 3.63) is 0 Å². The van der Waals surface area contributed by atoms with Crippen LogP contribution in [0.4, 0.5) is 0 Å². The first-order valence-corrected chi connectivity index (χ1v) is 5.72. The highest BCUT2D eigenvalue weighted by atomic mass is 16.5. The summed E-state index contributed by atoms with van der Waals surface area (Å²) in [6.45, 7) is 4.59. The van der Waals surface area contributed by atoms with E-state index in [4.69, 9.17) is 4.74 Å². The number of likely N-dealkylation sites (tertiary alicyclic amines) is 1. The van der Waals surface area contributed by atoms with Crippen molar-refractivity contribution in [2.24, 2.45) is 5.92 Å². The van der Waals surface area contributed by atoms with E-state index in [9.17, 15) is 0 Å². The first-order chi connectivity index (χ1) is 6.34. The van der Waals surface area contributed by atoms with Gasteiger partial charge in [-0.25, -0.2) is 0 Å². The molecule has 3 rings (SSSR count). The molecule has 3 fully saturated rings. The lowest BCUT2D eigenvalue weighted by molar-refractivity contribution is 0.0601. The molecule has 13 heavy (non-hydrogen) atoms. The molecular weight excluding hydrogens is 162 g/mol. The van der Waals surface area contributed by atoms with Crippen molar-refractivity contribution < 1.29 is 4.74 Å². The van der Waals surface area contributed by atoms with Gasteiger partial charge in [0.2, 0.25) is 0 Å². The SMILES string of the molecule is CC1OCCC1N1CC2CCC1C2. The molecule has 0 N–H and O–H groups in total. The van der Waals surface area contributed by atoms with Gasteiger partial charge in [0.05, 0.1) is 6.10 Å². The van der Waals surface area contributed by atoms with Crippen LogP contribution in [-0.4, -0.2) is 36.2 Å². The topological polar surface area (TPSA) is 12.5 Å². The molecule has 0 spiro atoms. The lowest BCUT2D eigenvalue weighted by Gasteiger charge is -2.34. The van der Waals surface area contributed by atoms with Gasteiger partial charge in [-0.15, -0.1) is 0 Å². The van der Waals surface area contributed by atoms with Gasteiger partial charge in [0.1, 0.15) is 0 Å². The molecule has 0 amide bonds. The molecule has 0 radical (unpaired) electrons. The van der Waals surface area contributed by atoms with Crippen molar-refractivity contribution in [3.8, 4) is 0 Å². The molecule has 2 bridgehead atoms. The maximum Gasteiger partial charge on any atom is 0.0703 e. The number of fused-ring (bicyclic) bond motifs is 2. The number of rotatable bonds is 1. The fourth-order valence-corrected chi connectivity index (χ4v) is 3.52. The first-order valence-electron chi connectivity index (χ1n) is 5.72. The van der Waals surface area contributed by atoms with Crippen LogP contribution in [0.2, 0.25) is 0 Å². The summed E-state index contributed by atoms with van der Waals surface area (Å²) >= 11 is 0. The Hall–Kier alpha value is -0.0800. The lowest BCUT2D eigenvalue weighted by atomic mass is 10.0. The van der Waals surface area contributed by atoms with Crippen LogP contribution in [-0.2, 0) is 4.74 Å². The van der Waals surface area contributed by atoms with E-state index < -0.39 is 0 Å². The summed E-state index contributed by atoms with van der Waals surface area (Å²) in [5.74, 6) is 1.03. The summed E-state index contributed by atoms with van der Waals surface area (Å²) < 4.78 is 5.64. The Morgan fingerprint density at radius 1 is 1.23 bits per heavy atom. The Morgan fingerprint density at radius 3 is 2.69 bits per heavy atom. The van der Waals surface area contributed by atoms with Gasteiger partial charge in [0.15, 0.2) is 0 Å². The van der Waals surface area contributed by atoms with E-state index in [1.807, 2.05) is 0 Å². The second-order valence-corrected chi connectivity index (χ2v) is 4.96. The van der Waals surface area contributed by atoms with Crippen molar-refractivity contribution in [2.45, 2.75) is 50.8 Å². The largest absolute Gasteiger partial charge is 0.377 e. The maximum atomic E-state index is 5.64. The smallest absolute Gasteiger partial charge is 0.0703 e. The second-order valence-electron chi connectivity index (χ2n) is 4.96. The molecule has 2 nitrogen and oxygen atoms in total. The van der Waals surface area contributed by atoms with Crippen molar-refractivity contribution in [3.63, 3.8) is 0 Å². The van der Waals surface area contributed by atoms with E-state index in [2.05, 4.69) is 11.8 Å². The number of hydrogen-bond donors (Lipinski definition) is 0. The lowest BCUT2D eigenvalue weighted by Crippen LogP contribution is -2.44. The molecule has 1 saturated carbocycles. The van der Waals surface area contributed by atoms with E-state index in [1.165, 1.54) is 32.2 Å². The van der Waals surface area contributed by atoms with Crippen LogP contribution in [0.3, 0.4) is 0 Å². The molecule has 0 aromatic heterocycles. The van der Waals surface area contributed by atoms with Gasteiger partial charge in [-0.3, -0.25) is 4.90 Å². The molecule has 0 aromatic rings. The van der Waals surface area contributed by atoms with Crippen molar-refractivity contribution >= 4 is 0 Å². The van der Waals surface area contributed by atoms with Crippen molar-refractivity contribution in [1.82, 2.24) is 4.90 Å². The highest BCUT2D eigenvalue weighted by Crippen LogP contribution is 2.40. The van der Waals surface area contributed by atoms with Crippen LogP contribution in [0.1, 0.15) is 32.6 Å². The van der Waals surface area contributed by atoms with Gasteiger partial charge in [0, 0.05) is 25.2 Å². The van der Waals surface area contributed by atoms with Crippen LogP contribution < -0.4 is 0 Å². The summed E-state index contributed by atoms with van der Waals surface area (Å²) in [6.07, 6.45) is 6.17. The molecule has 2 heteroatoms. The monoisotopic (exact) mass is 181 g/mol. The van der Waals surface area contributed by atoms with E-state index in [-0.39, 0.29) is 0 Å². The minimum atomic E-state index is 0.486. The van der Waals surface area contributed by atoms with Gasteiger partial charge in [-0.2, -0.15) is 0 Å². The number of nitrogens with zero attached hydrogens (tertiary/aromatic N) is 1. The Bertz CT molecular complexity index is 206. The number of piperidine rings is 1. The predicted octanol–water partition coefficient (Wildman–Crippen LogP) is 1.65. The van der Waals surface area contributed by atoms with E-state index in [0.29, 0.717) is 6.10 Å². The molecule has 2 aliphatic heterocycles. The third-order valence-corrected chi connectivity index (χ3v) is 4.21. The highest BCUT2D eigenvalue weighted by molar-refractivity contribution is 4.97. The quantitative estimate of drug-likeness (QED) is 0.610. The average Bonchev–Trinajstić information content (AvgIpc) is 2.77. The molecule has 1 aliphatic carbocycles. The molecule has 0 aromatic carbocycles. The van der Waals surface area contributed by atoms with E-state index >= 15 is 0 Å². The van der Waals surface area contributed by atoms with Crippen molar-refractivity contribution in [2.75, 3.05) is 13.2 Å². The number of hydrogen-bond acceptors (Lipinski definition) is 2.